The number of hydrogen-bond acceptors (Lipinski definition) is 6. The van der Waals surface area contributed by atoms with Gasteiger partial charge in [0.1, 0.15) is 0 Å². The average Bonchev–Trinajstić information content (AvgIpc) is 3.64. The number of aromatic nitrogens is 1. The smallest absolute Gasteiger partial charge is 0.269 e. The van der Waals surface area contributed by atoms with Gasteiger partial charge < -0.3 is 19.5 Å². The van der Waals surface area contributed by atoms with Gasteiger partial charge in [0.25, 0.3) is 5.69 Å². The maximum absolute atomic E-state index is 13.1. The maximum atomic E-state index is 13.1. The summed E-state index contributed by atoms with van der Waals surface area (Å²) in [7, 11) is 0. The van der Waals surface area contributed by atoms with E-state index in [4.69, 9.17) is 4.74 Å². The lowest BCUT2D eigenvalue weighted by Gasteiger charge is -2.63. The summed E-state index contributed by atoms with van der Waals surface area (Å²) >= 11 is 0. The third-order valence-electron chi connectivity index (χ3n) is 10.8. The van der Waals surface area contributed by atoms with E-state index in [1.165, 1.54) is 24.5 Å². The molecule has 4 atom stereocenters. The summed E-state index contributed by atoms with van der Waals surface area (Å²) in [6.07, 6.45) is 4.05. The Kier molecular flexibility index (Phi) is 4.58. The number of aromatic hydroxyl groups is 1. The molecule has 3 aliphatic carbocycles. The van der Waals surface area contributed by atoms with Crippen LogP contribution in [0.3, 0.4) is 0 Å². The Balaban J connectivity index is 1.29. The van der Waals surface area contributed by atoms with Crippen LogP contribution in [-0.4, -0.2) is 49.3 Å². The maximum Gasteiger partial charge on any atom is 0.269 e. The highest BCUT2D eigenvalue weighted by atomic mass is 16.6. The van der Waals surface area contributed by atoms with Crippen LogP contribution >= 0.6 is 0 Å². The van der Waals surface area contributed by atoms with Crippen LogP contribution in [0.15, 0.2) is 60.7 Å². The molecule has 3 aromatic carbocycles. The molecule has 0 amide bonds. The molecule has 1 aromatic heterocycles. The summed E-state index contributed by atoms with van der Waals surface area (Å²) in [5, 5.41) is 36.8. The summed E-state index contributed by atoms with van der Waals surface area (Å²) in [5.41, 5.74) is 4.45. The number of rotatable bonds is 5. The molecule has 3 heterocycles. The Morgan fingerprint density at radius 2 is 1.95 bits per heavy atom. The van der Waals surface area contributed by atoms with Crippen LogP contribution in [0.4, 0.5) is 5.69 Å². The van der Waals surface area contributed by atoms with Crippen molar-refractivity contribution in [3.63, 3.8) is 0 Å². The molecule has 8 heteroatoms. The van der Waals surface area contributed by atoms with Crippen LogP contribution < -0.4 is 4.74 Å². The lowest BCUT2D eigenvalue weighted by Crippen LogP contribution is -2.74. The molecule has 2 aliphatic heterocycles. The van der Waals surface area contributed by atoms with Crippen molar-refractivity contribution in [3.05, 3.63) is 98.7 Å². The number of piperidine rings is 1. The van der Waals surface area contributed by atoms with Gasteiger partial charge in [0.2, 0.25) is 0 Å². The molecule has 0 radical (unpaired) electrons. The van der Waals surface area contributed by atoms with Gasteiger partial charge in [-0.15, -0.1) is 0 Å². The predicted octanol–water partition coefficient (Wildman–Crippen LogP) is 5.00. The summed E-state index contributed by atoms with van der Waals surface area (Å²) in [4.78, 5) is 13.7. The van der Waals surface area contributed by atoms with E-state index in [1.807, 2.05) is 24.3 Å². The molecule has 41 heavy (non-hydrogen) atoms. The summed E-state index contributed by atoms with van der Waals surface area (Å²) in [6, 6.07) is 18.8. The van der Waals surface area contributed by atoms with Crippen LogP contribution in [0.1, 0.15) is 53.3 Å². The van der Waals surface area contributed by atoms with Gasteiger partial charge >= 0.3 is 0 Å². The minimum absolute atomic E-state index is 0.0296. The first-order chi connectivity index (χ1) is 19.9. The van der Waals surface area contributed by atoms with Gasteiger partial charge in [-0.2, -0.15) is 0 Å². The van der Waals surface area contributed by atoms with E-state index in [2.05, 4.69) is 21.6 Å². The Morgan fingerprint density at radius 1 is 1.10 bits per heavy atom. The zero-order valence-corrected chi connectivity index (χ0v) is 22.6. The first kappa shape index (κ1) is 23.8. The Hall–Kier alpha value is -3.88. The van der Waals surface area contributed by atoms with Crippen LogP contribution in [0.5, 0.6) is 11.5 Å². The SMILES string of the molecule is O=[N+]([O-])c1cccc(Cn2c3c(c4ccccc42)C[C@@]2(O)[C@@H]4Cc5ccc(O)c6c5[C@@]2(CCN4CC2CC2)[C@H]3O6)c1. The van der Waals surface area contributed by atoms with Crippen molar-refractivity contribution >= 4 is 16.6 Å². The Morgan fingerprint density at radius 3 is 2.78 bits per heavy atom. The van der Waals surface area contributed by atoms with Gasteiger partial charge in [-0.3, -0.25) is 15.0 Å². The van der Waals surface area contributed by atoms with E-state index in [0.29, 0.717) is 18.7 Å². The fourth-order valence-corrected chi connectivity index (χ4v) is 8.92. The lowest BCUT2D eigenvalue weighted by atomic mass is 9.49. The number of nitro groups is 1. The predicted molar refractivity (Wildman–Crippen MR) is 152 cm³/mol. The van der Waals surface area contributed by atoms with Gasteiger partial charge in [0.05, 0.1) is 21.6 Å². The number of ether oxygens (including phenoxy) is 1. The molecule has 208 valence electrons. The zero-order valence-electron chi connectivity index (χ0n) is 22.6. The summed E-state index contributed by atoms with van der Waals surface area (Å²) in [5.74, 6) is 1.35. The molecular weight excluding hydrogens is 518 g/mol. The van der Waals surface area contributed by atoms with E-state index in [1.54, 1.807) is 18.2 Å². The molecule has 4 aromatic rings. The van der Waals surface area contributed by atoms with Crippen LogP contribution in [-0.2, 0) is 24.8 Å². The third kappa shape index (κ3) is 2.96. The number of likely N-dealkylation sites (tertiary alicyclic amines) is 1. The van der Waals surface area contributed by atoms with E-state index in [9.17, 15) is 20.3 Å². The van der Waals surface area contributed by atoms with Gasteiger partial charge in [-0.05, 0) is 67.0 Å². The van der Waals surface area contributed by atoms with Crippen molar-refractivity contribution in [3.8, 4) is 11.5 Å². The number of non-ortho nitro benzene ring substituents is 1. The van der Waals surface area contributed by atoms with Gasteiger partial charge in [-0.1, -0.05) is 36.4 Å². The molecule has 8 nitrogen and oxygen atoms in total. The number of nitro benzene ring substituents is 1. The summed E-state index contributed by atoms with van der Waals surface area (Å²) in [6.45, 7) is 2.35. The second kappa shape index (κ2) is 7.89. The number of aliphatic hydroxyl groups is 1. The third-order valence-corrected chi connectivity index (χ3v) is 10.8. The zero-order chi connectivity index (χ0) is 27.7. The number of nitrogens with zero attached hydrogens (tertiary/aromatic N) is 3. The lowest BCUT2D eigenvalue weighted by molar-refractivity contribution is -0.384. The molecule has 2 N–H and O–H groups in total. The van der Waals surface area contributed by atoms with Crippen molar-refractivity contribution in [1.29, 1.82) is 0 Å². The molecule has 9 rings (SSSR count). The molecule has 2 bridgehead atoms. The molecule has 1 spiro atoms. The first-order valence-corrected chi connectivity index (χ1v) is 14.7. The fourth-order valence-electron chi connectivity index (χ4n) is 8.92. The average molecular weight is 550 g/mol. The quantitative estimate of drug-likeness (QED) is 0.268. The topological polar surface area (TPSA) is 101 Å². The summed E-state index contributed by atoms with van der Waals surface area (Å²) < 4.78 is 9.08. The highest BCUT2D eigenvalue weighted by molar-refractivity contribution is 5.87. The highest BCUT2D eigenvalue weighted by Crippen LogP contribution is 2.69. The van der Waals surface area contributed by atoms with Gasteiger partial charge in [-0.25, -0.2) is 0 Å². The Labute approximate surface area is 236 Å². The van der Waals surface area contributed by atoms with E-state index in [0.717, 1.165) is 65.1 Å². The molecule has 5 aliphatic rings. The first-order valence-electron chi connectivity index (χ1n) is 14.7. The number of hydrogen-bond donors (Lipinski definition) is 2. The fraction of sp³-hybridized carbons (Fsp3) is 0.394. The minimum Gasteiger partial charge on any atom is -0.504 e. The normalized spacial score (nSPS) is 29.2. The molecule has 1 saturated carbocycles. The minimum atomic E-state index is -1.05. The second-order valence-electron chi connectivity index (χ2n) is 12.8. The number of benzene rings is 3. The Bertz CT molecular complexity index is 1790. The van der Waals surface area contributed by atoms with Crippen molar-refractivity contribution in [2.45, 2.75) is 61.8 Å². The van der Waals surface area contributed by atoms with E-state index in [-0.39, 0.29) is 22.4 Å². The molecule has 0 unspecified atom stereocenters. The van der Waals surface area contributed by atoms with Gasteiger partial charge in [0.15, 0.2) is 17.6 Å². The van der Waals surface area contributed by atoms with Crippen molar-refractivity contribution in [2.75, 3.05) is 13.1 Å². The number of phenolic OH excluding ortho intramolecular Hbond substituents is 1. The number of para-hydroxylation sites is 1. The van der Waals surface area contributed by atoms with Crippen LogP contribution in [0, 0.1) is 16.0 Å². The molecule has 2 fully saturated rings. The largest absolute Gasteiger partial charge is 0.504 e. The van der Waals surface area contributed by atoms with Crippen molar-refractivity contribution in [1.82, 2.24) is 9.47 Å². The van der Waals surface area contributed by atoms with Crippen molar-refractivity contribution < 1.29 is 19.9 Å². The second-order valence-corrected chi connectivity index (χ2v) is 12.8. The van der Waals surface area contributed by atoms with E-state index < -0.39 is 17.1 Å². The molecular formula is C33H31N3O5. The van der Waals surface area contributed by atoms with Gasteiger partial charge in [0, 0.05) is 54.2 Å². The van der Waals surface area contributed by atoms with Crippen LogP contribution in [0.2, 0.25) is 0 Å². The number of phenols is 1. The van der Waals surface area contributed by atoms with Crippen LogP contribution in [0.25, 0.3) is 10.9 Å². The number of fused-ring (bicyclic) bond motifs is 4. The standard InChI is InChI=1S/C33H31N3O5/c37-26-11-10-21-15-27-33(38)16-24-23-6-1-2-7-25(23)35(18-20-4-3-5-22(14-20)36(39)40)29(24)31-32(33,28(21)30(26)41-31)12-13-34(27)17-19-8-9-19/h1-7,10-11,14,19,27,31,37-38H,8-9,12-13,15-18H2/t27-,31-,32-,33+/m0/s1. The highest BCUT2D eigenvalue weighted by Gasteiger charge is 2.73. The van der Waals surface area contributed by atoms with E-state index >= 15 is 0 Å². The molecule has 1 saturated heterocycles. The monoisotopic (exact) mass is 549 g/mol. The van der Waals surface area contributed by atoms with Crippen molar-refractivity contribution in [2.24, 2.45) is 5.92 Å².